The zero-order valence-corrected chi connectivity index (χ0v) is 11.8. The lowest BCUT2D eigenvalue weighted by Gasteiger charge is -2.37. The van der Waals surface area contributed by atoms with Crippen LogP contribution in [-0.4, -0.2) is 11.0 Å². The first kappa shape index (κ1) is 13.4. The molecule has 2 N–H and O–H groups in total. The van der Waals surface area contributed by atoms with Crippen LogP contribution < -0.4 is 10.6 Å². The minimum Gasteiger partial charge on any atom is -0.397 e. The van der Waals surface area contributed by atoms with E-state index in [2.05, 4.69) is 24.0 Å². The third kappa shape index (κ3) is 2.31. The van der Waals surface area contributed by atoms with E-state index in [-0.39, 0.29) is 5.69 Å². The van der Waals surface area contributed by atoms with E-state index in [1.54, 1.807) is 6.07 Å². The van der Waals surface area contributed by atoms with Gasteiger partial charge in [0.2, 0.25) is 0 Å². The predicted octanol–water partition coefficient (Wildman–Crippen LogP) is 3.65. The van der Waals surface area contributed by atoms with Crippen molar-refractivity contribution in [3.8, 4) is 0 Å². The molecule has 0 saturated heterocycles. The van der Waals surface area contributed by atoms with E-state index >= 15 is 0 Å². The summed E-state index contributed by atoms with van der Waals surface area (Å²) in [7, 11) is 0. The Hall–Kier alpha value is -2.56. The SMILES string of the molecule is CC1CCc2ccccc2N1c1ccc([N+](=O)[O-])cc1N. The van der Waals surface area contributed by atoms with Gasteiger partial charge in [0.15, 0.2) is 0 Å². The molecule has 0 aromatic heterocycles. The highest BCUT2D eigenvalue weighted by atomic mass is 16.6. The van der Waals surface area contributed by atoms with Crippen LogP contribution in [0.4, 0.5) is 22.7 Å². The van der Waals surface area contributed by atoms with Crippen LogP contribution in [0.3, 0.4) is 0 Å². The summed E-state index contributed by atoms with van der Waals surface area (Å²) in [6, 6.07) is 13.2. The number of rotatable bonds is 2. The Labute approximate surface area is 123 Å². The summed E-state index contributed by atoms with van der Waals surface area (Å²) in [5, 5.41) is 10.8. The Bertz CT molecular complexity index is 700. The van der Waals surface area contributed by atoms with Gasteiger partial charge < -0.3 is 10.6 Å². The van der Waals surface area contributed by atoms with E-state index in [1.807, 2.05) is 12.1 Å². The van der Waals surface area contributed by atoms with Gasteiger partial charge >= 0.3 is 0 Å². The highest BCUT2D eigenvalue weighted by Gasteiger charge is 2.26. The number of fused-ring (bicyclic) bond motifs is 1. The zero-order chi connectivity index (χ0) is 15.0. The third-order valence-electron chi connectivity index (χ3n) is 4.00. The van der Waals surface area contributed by atoms with E-state index in [0.717, 1.165) is 24.2 Å². The molecule has 2 aromatic carbocycles. The number of non-ortho nitro benzene ring substituents is 1. The summed E-state index contributed by atoms with van der Waals surface area (Å²) in [5.41, 5.74) is 9.78. The van der Waals surface area contributed by atoms with Gasteiger partial charge in [0.1, 0.15) is 0 Å². The fourth-order valence-corrected chi connectivity index (χ4v) is 2.93. The predicted molar refractivity (Wildman–Crippen MR) is 83.9 cm³/mol. The smallest absolute Gasteiger partial charge is 0.271 e. The number of nitro groups is 1. The number of anilines is 3. The molecule has 1 heterocycles. The topological polar surface area (TPSA) is 72.4 Å². The molecular formula is C16H17N3O2. The first-order chi connectivity index (χ1) is 10.1. The van der Waals surface area contributed by atoms with Gasteiger partial charge in [-0.2, -0.15) is 0 Å². The van der Waals surface area contributed by atoms with Crippen molar-refractivity contribution in [2.75, 3.05) is 10.6 Å². The molecule has 0 radical (unpaired) electrons. The van der Waals surface area contributed by atoms with Crippen LogP contribution >= 0.6 is 0 Å². The van der Waals surface area contributed by atoms with Crippen LogP contribution in [0.15, 0.2) is 42.5 Å². The number of nitrogens with zero attached hydrogens (tertiary/aromatic N) is 2. The number of nitro benzene ring substituents is 1. The maximum atomic E-state index is 10.8. The van der Waals surface area contributed by atoms with Gasteiger partial charge in [-0.1, -0.05) is 18.2 Å². The zero-order valence-electron chi connectivity index (χ0n) is 11.8. The van der Waals surface area contributed by atoms with Crippen molar-refractivity contribution in [3.05, 3.63) is 58.1 Å². The fraction of sp³-hybridized carbons (Fsp3) is 0.250. The number of hydrogen-bond acceptors (Lipinski definition) is 4. The van der Waals surface area contributed by atoms with Crippen molar-refractivity contribution in [3.63, 3.8) is 0 Å². The highest BCUT2D eigenvalue weighted by Crippen LogP contribution is 2.40. The van der Waals surface area contributed by atoms with Crippen molar-refractivity contribution >= 4 is 22.7 Å². The third-order valence-corrected chi connectivity index (χ3v) is 4.00. The molecule has 0 fully saturated rings. The second kappa shape index (κ2) is 5.09. The monoisotopic (exact) mass is 283 g/mol. The molecule has 0 aliphatic carbocycles. The molecule has 108 valence electrons. The van der Waals surface area contributed by atoms with Crippen LogP contribution in [-0.2, 0) is 6.42 Å². The van der Waals surface area contributed by atoms with Gasteiger partial charge in [0.05, 0.1) is 16.3 Å². The summed E-state index contributed by atoms with van der Waals surface area (Å²) in [4.78, 5) is 12.6. The van der Waals surface area contributed by atoms with E-state index < -0.39 is 4.92 Å². The lowest BCUT2D eigenvalue weighted by atomic mass is 9.95. The summed E-state index contributed by atoms with van der Waals surface area (Å²) in [6.07, 6.45) is 2.08. The van der Waals surface area contributed by atoms with Crippen molar-refractivity contribution in [2.24, 2.45) is 0 Å². The van der Waals surface area contributed by atoms with E-state index in [9.17, 15) is 10.1 Å². The maximum absolute atomic E-state index is 10.8. The molecule has 1 aliphatic heterocycles. The Morgan fingerprint density at radius 3 is 2.71 bits per heavy atom. The number of para-hydroxylation sites is 1. The molecule has 0 saturated carbocycles. The lowest BCUT2D eigenvalue weighted by molar-refractivity contribution is -0.384. The van der Waals surface area contributed by atoms with Gasteiger partial charge in [-0.05, 0) is 37.5 Å². The Morgan fingerprint density at radius 1 is 1.24 bits per heavy atom. The van der Waals surface area contributed by atoms with Gasteiger partial charge in [0, 0.05) is 23.9 Å². The average molecular weight is 283 g/mol. The molecule has 5 nitrogen and oxygen atoms in total. The van der Waals surface area contributed by atoms with E-state index in [4.69, 9.17) is 5.73 Å². The summed E-state index contributed by atoms with van der Waals surface area (Å²) >= 11 is 0. The molecule has 2 aromatic rings. The van der Waals surface area contributed by atoms with Crippen LogP contribution in [0.25, 0.3) is 0 Å². The molecule has 0 bridgehead atoms. The molecule has 1 atom stereocenters. The molecule has 0 spiro atoms. The molecule has 5 heteroatoms. The quantitative estimate of drug-likeness (QED) is 0.518. The molecule has 1 unspecified atom stereocenters. The van der Waals surface area contributed by atoms with Crippen LogP contribution in [0.1, 0.15) is 18.9 Å². The number of hydrogen-bond donors (Lipinski definition) is 1. The van der Waals surface area contributed by atoms with Gasteiger partial charge in [-0.25, -0.2) is 0 Å². The average Bonchev–Trinajstić information content (AvgIpc) is 2.48. The molecule has 0 amide bonds. The second-order valence-electron chi connectivity index (χ2n) is 5.39. The fourth-order valence-electron chi connectivity index (χ4n) is 2.93. The van der Waals surface area contributed by atoms with Crippen LogP contribution in [0.2, 0.25) is 0 Å². The van der Waals surface area contributed by atoms with Crippen LogP contribution in [0, 0.1) is 10.1 Å². The van der Waals surface area contributed by atoms with Crippen molar-refractivity contribution in [1.29, 1.82) is 0 Å². The highest BCUT2D eigenvalue weighted by molar-refractivity contribution is 5.79. The summed E-state index contributed by atoms with van der Waals surface area (Å²) in [5.74, 6) is 0. The standard InChI is InChI=1S/C16H17N3O2/c1-11-6-7-12-4-2-3-5-15(12)18(11)16-9-8-13(19(20)21)10-14(16)17/h2-5,8-11H,6-7,17H2,1H3. The van der Waals surface area contributed by atoms with Gasteiger partial charge in [-0.3, -0.25) is 10.1 Å². The first-order valence-corrected chi connectivity index (χ1v) is 6.99. The number of benzene rings is 2. The van der Waals surface area contributed by atoms with Crippen molar-refractivity contribution in [1.82, 2.24) is 0 Å². The second-order valence-corrected chi connectivity index (χ2v) is 5.39. The Balaban J connectivity index is 2.09. The first-order valence-electron chi connectivity index (χ1n) is 6.99. The van der Waals surface area contributed by atoms with Gasteiger partial charge in [0.25, 0.3) is 5.69 Å². The minimum absolute atomic E-state index is 0.0224. The lowest BCUT2D eigenvalue weighted by Crippen LogP contribution is -2.33. The molecule has 1 aliphatic rings. The Morgan fingerprint density at radius 2 is 2.00 bits per heavy atom. The minimum atomic E-state index is -0.423. The summed E-state index contributed by atoms with van der Waals surface area (Å²) < 4.78 is 0. The number of aryl methyl sites for hydroxylation is 1. The maximum Gasteiger partial charge on any atom is 0.271 e. The molecule has 3 rings (SSSR count). The van der Waals surface area contributed by atoms with E-state index in [0.29, 0.717) is 11.7 Å². The van der Waals surface area contributed by atoms with Gasteiger partial charge in [-0.15, -0.1) is 0 Å². The number of nitrogens with two attached hydrogens (primary N) is 1. The van der Waals surface area contributed by atoms with E-state index in [1.165, 1.54) is 17.7 Å². The Kier molecular flexibility index (Phi) is 3.25. The number of nitrogen functional groups attached to an aromatic ring is 1. The molecular weight excluding hydrogens is 266 g/mol. The summed E-state index contributed by atoms with van der Waals surface area (Å²) in [6.45, 7) is 2.15. The molecule has 21 heavy (non-hydrogen) atoms. The normalized spacial score (nSPS) is 17.4. The largest absolute Gasteiger partial charge is 0.397 e. The van der Waals surface area contributed by atoms with Crippen molar-refractivity contribution in [2.45, 2.75) is 25.8 Å². The van der Waals surface area contributed by atoms with Crippen molar-refractivity contribution < 1.29 is 4.92 Å². The van der Waals surface area contributed by atoms with Crippen LogP contribution in [0.5, 0.6) is 0 Å².